The zero-order valence-electron chi connectivity index (χ0n) is 13.4. The molecule has 0 aliphatic heterocycles. The van der Waals surface area contributed by atoms with Crippen LogP contribution in [0.4, 0.5) is 10.5 Å². The highest BCUT2D eigenvalue weighted by Gasteiger charge is 2.28. The number of amides is 1. The maximum absolute atomic E-state index is 11.7. The molecule has 2 N–H and O–H groups in total. The largest absolute Gasteiger partial charge is 0.444 e. The van der Waals surface area contributed by atoms with Gasteiger partial charge in [0.15, 0.2) is 0 Å². The van der Waals surface area contributed by atoms with Gasteiger partial charge in [0.2, 0.25) is 0 Å². The number of halogens is 1. The Morgan fingerprint density at radius 1 is 1.41 bits per heavy atom. The molecule has 1 saturated carbocycles. The number of nitrogens with one attached hydrogen (secondary N) is 2. The molecule has 1 aliphatic rings. The molecule has 1 heterocycles. The molecule has 22 heavy (non-hydrogen) atoms. The fourth-order valence-corrected chi connectivity index (χ4v) is 2.91. The van der Waals surface area contributed by atoms with Crippen LogP contribution in [-0.2, 0) is 4.74 Å². The van der Waals surface area contributed by atoms with E-state index in [1.54, 1.807) is 0 Å². The Bertz CT molecular complexity index is 499. The molecule has 0 bridgehead atoms. The van der Waals surface area contributed by atoms with E-state index < -0.39 is 5.60 Å². The predicted octanol–water partition coefficient (Wildman–Crippen LogP) is 3.95. The van der Waals surface area contributed by atoms with Gasteiger partial charge in [0.05, 0.1) is 11.9 Å². The quantitative estimate of drug-likeness (QED) is 0.788. The number of ether oxygens (including phenoxy) is 1. The summed E-state index contributed by atoms with van der Waals surface area (Å²) in [4.78, 5) is 16.0. The standard InChI is InChI=1S/C16H24BrN3O2/c1-16(2,3)22-15(21)19-9-11-5-4-6-13(11)20-12-7-8-14(17)18-10-12/h7-8,10-11,13,20H,4-6,9H2,1-3H3,(H,19,21). The van der Waals surface area contributed by atoms with Crippen LogP contribution >= 0.6 is 15.9 Å². The van der Waals surface area contributed by atoms with Gasteiger partial charge >= 0.3 is 6.09 Å². The van der Waals surface area contributed by atoms with Crippen LogP contribution in [0.3, 0.4) is 0 Å². The van der Waals surface area contributed by atoms with Crippen LogP contribution in [0.5, 0.6) is 0 Å². The number of hydrogen-bond donors (Lipinski definition) is 2. The molecule has 122 valence electrons. The summed E-state index contributed by atoms with van der Waals surface area (Å²) in [6, 6.07) is 4.29. The molecule has 5 nitrogen and oxygen atoms in total. The number of anilines is 1. The molecule has 0 spiro atoms. The number of aromatic nitrogens is 1. The van der Waals surface area contributed by atoms with Crippen molar-refractivity contribution in [3.63, 3.8) is 0 Å². The Hall–Kier alpha value is -1.30. The van der Waals surface area contributed by atoms with Crippen LogP contribution in [0.15, 0.2) is 22.9 Å². The topological polar surface area (TPSA) is 63.2 Å². The number of hydrogen-bond acceptors (Lipinski definition) is 4. The van der Waals surface area contributed by atoms with Crippen molar-refractivity contribution >= 4 is 27.7 Å². The Kier molecular flexibility index (Phi) is 5.67. The van der Waals surface area contributed by atoms with Crippen LogP contribution in [-0.4, -0.2) is 29.3 Å². The normalized spacial score (nSPS) is 21.5. The molecule has 2 rings (SSSR count). The van der Waals surface area contributed by atoms with Gasteiger partial charge in [-0.2, -0.15) is 0 Å². The number of carbonyl (C=O) groups is 1. The summed E-state index contributed by atoms with van der Waals surface area (Å²) >= 11 is 3.33. The van der Waals surface area contributed by atoms with Gasteiger partial charge in [-0.15, -0.1) is 0 Å². The lowest BCUT2D eigenvalue weighted by Crippen LogP contribution is -2.38. The van der Waals surface area contributed by atoms with Gasteiger partial charge in [-0.1, -0.05) is 6.42 Å². The van der Waals surface area contributed by atoms with E-state index in [0.29, 0.717) is 18.5 Å². The minimum absolute atomic E-state index is 0.344. The van der Waals surface area contributed by atoms with Crippen molar-refractivity contribution in [3.05, 3.63) is 22.9 Å². The lowest BCUT2D eigenvalue weighted by Gasteiger charge is -2.24. The molecular weight excluding hydrogens is 346 g/mol. The van der Waals surface area contributed by atoms with Crippen LogP contribution in [0.25, 0.3) is 0 Å². The van der Waals surface area contributed by atoms with E-state index in [2.05, 4.69) is 31.5 Å². The van der Waals surface area contributed by atoms with E-state index >= 15 is 0 Å². The van der Waals surface area contributed by atoms with E-state index in [0.717, 1.165) is 23.1 Å². The van der Waals surface area contributed by atoms with Crippen molar-refractivity contribution < 1.29 is 9.53 Å². The average molecular weight is 370 g/mol. The summed E-state index contributed by atoms with van der Waals surface area (Å²) in [7, 11) is 0. The molecule has 1 fully saturated rings. The van der Waals surface area contributed by atoms with Crippen molar-refractivity contribution in [2.45, 2.75) is 51.7 Å². The molecule has 2 unspecified atom stereocenters. The Morgan fingerprint density at radius 3 is 2.82 bits per heavy atom. The zero-order chi connectivity index (χ0) is 16.2. The maximum atomic E-state index is 11.7. The minimum atomic E-state index is -0.458. The molecule has 1 aromatic rings. The summed E-state index contributed by atoms with van der Waals surface area (Å²) in [6.07, 6.45) is 4.86. The van der Waals surface area contributed by atoms with Gasteiger partial charge in [-0.05, 0) is 67.6 Å². The van der Waals surface area contributed by atoms with Crippen molar-refractivity contribution in [3.8, 4) is 0 Å². The van der Waals surface area contributed by atoms with Gasteiger partial charge in [0.25, 0.3) is 0 Å². The van der Waals surface area contributed by atoms with Crippen LogP contribution in [0.2, 0.25) is 0 Å². The van der Waals surface area contributed by atoms with Crippen molar-refractivity contribution in [2.24, 2.45) is 5.92 Å². The SMILES string of the molecule is CC(C)(C)OC(=O)NCC1CCCC1Nc1ccc(Br)nc1. The highest BCUT2D eigenvalue weighted by molar-refractivity contribution is 9.10. The minimum Gasteiger partial charge on any atom is -0.444 e. The molecule has 1 amide bonds. The molecule has 1 aromatic heterocycles. The first-order chi connectivity index (χ1) is 10.3. The van der Waals surface area contributed by atoms with Crippen LogP contribution < -0.4 is 10.6 Å². The first-order valence-corrected chi connectivity index (χ1v) is 8.48. The van der Waals surface area contributed by atoms with Crippen molar-refractivity contribution in [2.75, 3.05) is 11.9 Å². The summed E-state index contributed by atoms with van der Waals surface area (Å²) in [5.41, 5.74) is 0.554. The monoisotopic (exact) mass is 369 g/mol. The van der Waals surface area contributed by atoms with E-state index in [-0.39, 0.29) is 6.09 Å². The molecule has 1 aliphatic carbocycles. The second kappa shape index (κ2) is 7.31. The summed E-state index contributed by atoms with van der Waals surface area (Å²) in [6.45, 7) is 6.24. The summed E-state index contributed by atoms with van der Waals surface area (Å²) in [5, 5.41) is 6.40. The lowest BCUT2D eigenvalue weighted by atomic mass is 10.0. The van der Waals surface area contributed by atoms with Gasteiger partial charge in [0.1, 0.15) is 10.2 Å². The first kappa shape index (κ1) is 17.1. The van der Waals surface area contributed by atoms with E-state index in [9.17, 15) is 4.79 Å². The number of nitrogens with zero attached hydrogens (tertiary/aromatic N) is 1. The predicted molar refractivity (Wildman–Crippen MR) is 90.9 cm³/mol. The highest BCUT2D eigenvalue weighted by Crippen LogP contribution is 2.28. The molecule has 6 heteroatoms. The third-order valence-corrected chi connectivity index (χ3v) is 4.12. The number of carbonyl (C=O) groups excluding carboxylic acids is 1. The second-order valence-electron chi connectivity index (χ2n) is 6.69. The van der Waals surface area contributed by atoms with Crippen LogP contribution in [0.1, 0.15) is 40.0 Å². The first-order valence-electron chi connectivity index (χ1n) is 7.68. The number of alkyl carbamates (subject to hydrolysis) is 1. The maximum Gasteiger partial charge on any atom is 0.407 e. The molecule has 2 atom stereocenters. The molecule has 0 aromatic carbocycles. The van der Waals surface area contributed by atoms with Gasteiger partial charge in [0, 0.05) is 12.6 Å². The third-order valence-electron chi connectivity index (χ3n) is 3.65. The van der Waals surface area contributed by atoms with Gasteiger partial charge < -0.3 is 15.4 Å². The molecular formula is C16H24BrN3O2. The van der Waals surface area contributed by atoms with Crippen LogP contribution in [0, 0.1) is 5.92 Å². The van der Waals surface area contributed by atoms with E-state index in [4.69, 9.17) is 4.74 Å². The van der Waals surface area contributed by atoms with Gasteiger partial charge in [-0.25, -0.2) is 9.78 Å². The Labute approximate surface area is 140 Å². The lowest BCUT2D eigenvalue weighted by molar-refractivity contribution is 0.0519. The molecule has 0 saturated heterocycles. The molecule has 0 radical (unpaired) electrons. The Morgan fingerprint density at radius 2 is 2.18 bits per heavy atom. The summed E-state index contributed by atoms with van der Waals surface area (Å²) in [5.74, 6) is 0.413. The average Bonchev–Trinajstić information content (AvgIpc) is 2.84. The van der Waals surface area contributed by atoms with Crippen molar-refractivity contribution in [1.29, 1.82) is 0 Å². The van der Waals surface area contributed by atoms with E-state index in [1.165, 1.54) is 6.42 Å². The van der Waals surface area contributed by atoms with Gasteiger partial charge in [-0.3, -0.25) is 0 Å². The Balaban J connectivity index is 1.83. The smallest absolute Gasteiger partial charge is 0.407 e. The van der Waals surface area contributed by atoms with E-state index in [1.807, 2.05) is 39.1 Å². The third kappa shape index (κ3) is 5.48. The fraction of sp³-hybridized carbons (Fsp3) is 0.625. The number of rotatable bonds is 4. The highest BCUT2D eigenvalue weighted by atomic mass is 79.9. The zero-order valence-corrected chi connectivity index (χ0v) is 14.9. The van der Waals surface area contributed by atoms with Crippen molar-refractivity contribution in [1.82, 2.24) is 10.3 Å². The fourth-order valence-electron chi connectivity index (χ4n) is 2.68. The summed E-state index contributed by atoms with van der Waals surface area (Å²) < 4.78 is 6.11. The second-order valence-corrected chi connectivity index (χ2v) is 7.51. The number of pyridine rings is 1.